The lowest BCUT2D eigenvalue weighted by molar-refractivity contribution is -0.137. The highest BCUT2D eigenvalue weighted by molar-refractivity contribution is 5.66. The summed E-state index contributed by atoms with van der Waals surface area (Å²) in [5.41, 5.74) is 0. The van der Waals surface area contributed by atoms with Crippen LogP contribution in [0.25, 0.3) is 0 Å². The highest BCUT2D eigenvalue weighted by atomic mass is 16.4. The Kier molecular flexibility index (Phi) is 4.35. The molecule has 1 aromatic heterocycles. The van der Waals surface area contributed by atoms with Crippen molar-refractivity contribution in [1.82, 2.24) is 9.55 Å². The van der Waals surface area contributed by atoms with Crippen LogP contribution in [-0.4, -0.2) is 20.6 Å². The summed E-state index contributed by atoms with van der Waals surface area (Å²) in [4.78, 5) is 14.1. The van der Waals surface area contributed by atoms with Gasteiger partial charge in [0.15, 0.2) is 0 Å². The van der Waals surface area contributed by atoms with Gasteiger partial charge in [-0.2, -0.15) is 5.26 Å². The number of aliphatic carboxylic acids is 1. The van der Waals surface area contributed by atoms with Gasteiger partial charge in [-0.1, -0.05) is 6.42 Å². The number of imidazole rings is 1. The van der Waals surface area contributed by atoms with Gasteiger partial charge in [0.2, 0.25) is 5.82 Å². The first kappa shape index (κ1) is 11.2. The fourth-order valence-electron chi connectivity index (χ4n) is 1.34. The fraction of sp³-hybridized carbons (Fsp3) is 0.500. The summed E-state index contributed by atoms with van der Waals surface area (Å²) < 4.78 is 1.78. The van der Waals surface area contributed by atoms with E-state index in [4.69, 9.17) is 10.4 Å². The molecule has 1 rings (SSSR count). The van der Waals surface area contributed by atoms with E-state index >= 15 is 0 Å². The topological polar surface area (TPSA) is 78.9 Å². The number of nitrogens with zero attached hydrogens (tertiary/aromatic N) is 3. The normalized spacial score (nSPS) is 9.80. The molecule has 0 aliphatic heterocycles. The number of carbonyl (C=O) groups is 1. The first-order valence-electron chi connectivity index (χ1n) is 4.87. The van der Waals surface area contributed by atoms with Gasteiger partial charge in [0.05, 0.1) is 0 Å². The zero-order chi connectivity index (χ0) is 11.1. The van der Waals surface area contributed by atoms with Gasteiger partial charge in [0.25, 0.3) is 0 Å². The van der Waals surface area contributed by atoms with Crippen LogP contribution < -0.4 is 0 Å². The van der Waals surface area contributed by atoms with Crippen molar-refractivity contribution in [2.45, 2.75) is 32.2 Å². The Morgan fingerprint density at radius 3 is 3.00 bits per heavy atom. The van der Waals surface area contributed by atoms with E-state index in [1.165, 1.54) is 0 Å². The average molecular weight is 207 g/mol. The zero-order valence-corrected chi connectivity index (χ0v) is 8.39. The Bertz CT molecular complexity index is 365. The molecule has 1 N–H and O–H groups in total. The van der Waals surface area contributed by atoms with Crippen LogP contribution >= 0.6 is 0 Å². The van der Waals surface area contributed by atoms with E-state index in [1.807, 2.05) is 6.07 Å². The number of aromatic nitrogens is 2. The molecule has 0 spiro atoms. The van der Waals surface area contributed by atoms with E-state index in [2.05, 4.69) is 4.98 Å². The lowest BCUT2D eigenvalue weighted by Gasteiger charge is -2.02. The largest absolute Gasteiger partial charge is 0.481 e. The van der Waals surface area contributed by atoms with E-state index in [0.29, 0.717) is 12.2 Å². The van der Waals surface area contributed by atoms with Crippen molar-refractivity contribution in [3.05, 3.63) is 18.2 Å². The Morgan fingerprint density at radius 1 is 1.53 bits per heavy atom. The Balaban J connectivity index is 2.21. The minimum Gasteiger partial charge on any atom is -0.481 e. The number of carboxylic acid groups (broad SMARTS) is 1. The standard InChI is InChI=1S/C10H13N3O2/c11-8-9-12-5-7-13(9)6-3-1-2-4-10(14)15/h5,7H,1-4,6H2,(H,14,15). The molecule has 0 aliphatic carbocycles. The molecule has 0 aliphatic rings. The van der Waals surface area contributed by atoms with Crippen LogP contribution in [-0.2, 0) is 11.3 Å². The molecular weight excluding hydrogens is 194 g/mol. The molecule has 5 heteroatoms. The van der Waals surface area contributed by atoms with E-state index in [1.54, 1.807) is 17.0 Å². The van der Waals surface area contributed by atoms with Gasteiger partial charge in [-0.05, 0) is 12.8 Å². The van der Waals surface area contributed by atoms with Gasteiger partial charge in [-0.3, -0.25) is 4.79 Å². The number of nitriles is 1. The van der Waals surface area contributed by atoms with Crippen molar-refractivity contribution < 1.29 is 9.90 Å². The predicted octanol–water partition coefficient (Wildman–Crippen LogP) is 1.40. The number of hydrogen-bond donors (Lipinski definition) is 1. The second kappa shape index (κ2) is 5.81. The number of aryl methyl sites for hydroxylation is 1. The summed E-state index contributed by atoms with van der Waals surface area (Å²) in [6.45, 7) is 0.725. The van der Waals surface area contributed by atoms with E-state index in [9.17, 15) is 4.79 Å². The molecule has 0 saturated heterocycles. The summed E-state index contributed by atoms with van der Waals surface area (Å²) in [6.07, 6.45) is 5.99. The van der Waals surface area contributed by atoms with Crippen molar-refractivity contribution >= 4 is 5.97 Å². The SMILES string of the molecule is N#Cc1nccn1CCCCCC(=O)O. The van der Waals surface area contributed by atoms with Crippen molar-refractivity contribution in [3.63, 3.8) is 0 Å². The Labute approximate surface area is 88.0 Å². The monoisotopic (exact) mass is 207 g/mol. The van der Waals surface area contributed by atoms with Crippen LogP contribution in [0, 0.1) is 11.3 Å². The lowest BCUT2D eigenvalue weighted by Crippen LogP contribution is -2.00. The average Bonchev–Trinajstić information content (AvgIpc) is 2.64. The molecule has 5 nitrogen and oxygen atoms in total. The minimum absolute atomic E-state index is 0.217. The van der Waals surface area contributed by atoms with Gasteiger partial charge in [-0.25, -0.2) is 4.98 Å². The third kappa shape index (κ3) is 3.81. The van der Waals surface area contributed by atoms with Crippen LogP contribution in [0.2, 0.25) is 0 Å². The highest BCUT2D eigenvalue weighted by Gasteiger charge is 2.01. The maximum absolute atomic E-state index is 10.2. The van der Waals surface area contributed by atoms with Crippen LogP contribution in [0.3, 0.4) is 0 Å². The van der Waals surface area contributed by atoms with E-state index < -0.39 is 5.97 Å². The van der Waals surface area contributed by atoms with Crippen LogP contribution in [0.15, 0.2) is 12.4 Å². The van der Waals surface area contributed by atoms with Crippen molar-refractivity contribution in [3.8, 4) is 6.07 Å². The molecule has 0 radical (unpaired) electrons. The Morgan fingerprint density at radius 2 is 2.33 bits per heavy atom. The maximum atomic E-state index is 10.2. The summed E-state index contributed by atoms with van der Waals surface area (Å²) in [7, 11) is 0. The van der Waals surface area contributed by atoms with E-state index in [0.717, 1.165) is 19.4 Å². The van der Waals surface area contributed by atoms with Gasteiger partial charge in [0, 0.05) is 25.4 Å². The molecule has 0 atom stereocenters. The molecule has 1 heterocycles. The fourth-order valence-corrected chi connectivity index (χ4v) is 1.34. The first-order valence-corrected chi connectivity index (χ1v) is 4.87. The summed E-state index contributed by atoms with van der Waals surface area (Å²) in [6, 6.07) is 1.99. The summed E-state index contributed by atoms with van der Waals surface area (Å²) in [5, 5.41) is 17.1. The molecule has 1 aromatic rings. The van der Waals surface area contributed by atoms with Crippen LogP contribution in [0.1, 0.15) is 31.5 Å². The van der Waals surface area contributed by atoms with Gasteiger partial charge in [0.1, 0.15) is 6.07 Å². The highest BCUT2D eigenvalue weighted by Crippen LogP contribution is 2.04. The quantitative estimate of drug-likeness (QED) is 0.715. The first-order chi connectivity index (χ1) is 7.24. The summed E-state index contributed by atoms with van der Waals surface area (Å²) >= 11 is 0. The van der Waals surface area contributed by atoms with Crippen LogP contribution in [0.5, 0.6) is 0 Å². The van der Waals surface area contributed by atoms with Crippen molar-refractivity contribution in [2.24, 2.45) is 0 Å². The number of hydrogen-bond acceptors (Lipinski definition) is 3. The smallest absolute Gasteiger partial charge is 0.303 e. The minimum atomic E-state index is -0.754. The number of rotatable bonds is 6. The van der Waals surface area contributed by atoms with E-state index in [-0.39, 0.29) is 6.42 Å². The second-order valence-electron chi connectivity index (χ2n) is 3.26. The predicted molar refractivity (Wildman–Crippen MR) is 53.0 cm³/mol. The van der Waals surface area contributed by atoms with Crippen molar-refractivity contribution in [1.29, 1.82) is 5.26 Å². The van der Waals surface area contributed by atoms with Gasteiger partial charge < -0.3 is 9.67 Å². The third-order valence-electron chi connectivity index (χ3n) is 2.11. The zero-order valence-electron chi connectivity index (χ0n) is 8.39. The molecule has 0 bridgehead atoms. The Hall–Kier alpha value is -1.83. The molecule has 80 valence electrons. The second-order valence-corrected chi connectivity index (χ2v) is 3.26. The summed E-state index contributed by atoms with van der Waals surface area (Å²) in [5.74, 6) is -0.344. The molecule has 0 aromatic carbocycles. The molecule has 0 fully saturated rings. The molecule has 0 unspecified atom stereocenters. The number of carboxylic acids is 1. The van der Waals surface area contributed by atoms with Gasteiger partial charge in [-0.15, -0.1) is 0 Å². The van der Waals surface area contributed by atoms with Crippen molar-refractivity contribution in [2.75, 3.05) is 0 Å². The lowest BCUT2D eigenvalue weighted by atomic mass is 10.2. The number of unbranched alkanes of at least 4 members (excludes halogenated alkanes) is 2. The van der Waals surface area contributed by atoms with Gasteiger partial charge >= 0.3 is 5.97 Å². The molecule has 0 amide bonds. The third-order valence-corrected chi connectivity index (χ3v) is 2.11. The van der Waals surface area contributed by atoms with Crippen LogP contribution in [0.4, 0.5) is 0 Å². The molecule has 0 saturated carbocycles. The molecular formula is C10H13N3O2. The molecule has 15 heavy (non-hydrogen) atoms. The maximum Gasteiger partial charge on any atom is 0.303 e.